The van der Waals surface area contributed by atoms with Crippen LogP contribution in [0.1, 0.15) is 15.9 Å². The van der Waals surface area contributed by atoms with Gasteiger partial charge in [-0.2, -0.15) is 5.10 Å². The predicted molar refractivity (Wildman–Crippen MR) is 73.8 cm³/mol. The molecule has 0 fully saturated rings. The van der Waals surface area contributed by atoms with Gasteiger partial charge in [-0.1, -0.05) is 0 Å². The second kappa shape index (κ2) is 5.52. The van der Waals surface area contributed by atoms with Crippen molar-refractivity contribution in [3.63, 3.8) is 0 Å². The monoisotopic (exact) mass is 274 g/mol. The molecule has 0 unspecified atom stereocenters. The van der Waals surface area contributed by atoms with Gasteiger partial charge in [-0.15, -0.1) is 0 Å². The number of hydrogen-bond donors (Lipinski definition) is 0. The Morgan fingerprint density at radius 3 is 2.80 bits per heavy atom. The number of carbonyl (C=O) groups excluding carboxylic acids is 1. The van der Waals surface area contributed by atoms with E-state index in [4.69, 9.17) is 0 Å². The number of hydrogen-bond acceptors (Lipinski definition) is 5. The Bertz CT molecular complexity index is 651. The zero-order chi connectivity index (χ0) is 14.7. The number of aldehydes is 1. The van der Waals surface area contributed by atoms with Gasteiger partial charge in [0.2, 0.25) is 0 Å². The number of aromatic nitrogens is 2. The topological polar surface area (TPSA) is 81.3 Å². The van der Waals surface area contributed by atoms with Crippen LogP contribution in [-0.2, 0) is 13.6 Å². The number of aryl methyl sites for hydroxylation is 1. The van der Waals surface area contributed by atoms with Crippen molar-refractivity contribution in [3.05, 3.63) is 51.8 Å². The van der Waals surface area contributed by atoms with Gasteiger partial charge in [-0.25, -0.2) is 0 Å². The van der Waals surface area contributed by atoms with Crippen LogP contribution in [0.4, 0.5) is 11.4 Å². The fourth-order valence-corrected chi connectivity index (χ4v) is 1.96. The van der Waals surface area contributed by atoms with E-state index in [-0.39, 0.29) is 11.3 Å². The summed E-state index contributed by atoms with van der Waals surface area (Å²) in [5, 5.41) is 14.9. The first-order valence-corrected chi connectivity index (χ1v) is 5.93. The fraction of sp³-hybridized carbons (Fsp3) is 0.231. The normalized spacial score (nSPS) is 10.3. The van der Waals surface area contributed by atoms with Gasteiger partial charge in [0.1, 0.15) is 0 Å². The SMILES string of the molecule is CN(Cc1cnn(C)c1)c1ccc([N+](=O)[O-])c(C=O)c1. The van der Waals surface area contributed by atoms with Crippen LogP contribution in [0.5, 0.6) is 0 Å². The second-order valence-corrected chi connectivity index (χ2v) is 4.50. The summed E-state index contributed by atoms with van der Waals surface area (Å²) in [6.07, 6.45) is 4.14. The number of carbonyl (C=O) groups is 1. The number of nitro benzene ring substituents is 1. The summed E-state index contributed by atoms with van der Waals surface area (Å²) < 4.78 is 1.70. The molecule has 0 saturated heterocycles. The van der Waals surface area contributed by atoms with Crippen molar-refractivity contribution in [2.24, 2.45) is 7.05 Å². The third-order valence-corrected chi connectivity index (χ3v) is 2.95. The smallest absolute Gasteiger partial charge is 0.280 e. The molecule has 1 heterocycles. The summed E-state index contributed by atoms with van der Waals surface area (Å²) in [5.74, 6) is 0. The molecule has 0 atom stereocenters. The summed E-state index contributed by atoms with van der Waals surface area (Å²) in [6.45, 7) is 0.601. The molecule has 0 aliphatic heterocycles. The van der Waals surface area contributed by atoms with E-state index < -0.39 is 4.92 Å². The van der Waals surface area contributed by atoms with Crippen molar-refractivity contribution in [1.29, 1.82) is 0 Å². The molecule has 0 radical (unpaired) electrons. The van der Waals surface area contributed by atoms with Crippen molar-refractivity contribution in [1.82, 2.24) is 9.78 Å². The molecule has 0 N–H and O–H groups in total. The van der Waals surface area contributed by atoms with E-state index in [0.29, 0.717) is 12.8 Å². The fourth-order valence-electron chi connectivity index (χ4n) is 1.96. The quantitative estimate of drug-likeness (QED) is 0.471. The third-order valence-electron chi connectivity index (χ3n) is 2.95. The van der Waals surface area contributed by atoms with E-state index in [9.17, 15) is 14.9 Å². The molecular formula is C13H14N4O3. The molecule has 0 aliphatic carbocycles. The van der Waals surface area contributed by atoms with Gasteiger partial charge >= 0.3 is 0 Å². The third kappa shape index (κ3) is 2.82. The van der Waals surface area contributed by atoms with Gasteiger partial charge in [0, 0.05) is 44.2 Å². The number of rotatable bonds is 5. The van der Waals surface area contributed by atoms with Gasteiger partial charge in [0.05, 0.1) is 16.7 Å². The summed E-state index contributed by atoms with van der Waals surface area (Å²) >= 11 is 0. The summed E-state index contributed by atoms with van der Waals surface area (Å²) in [5.41, 5.74) is 1.65. The molecule has 1 aromatic heterocycles. The predicted octanol–water partition coefficient (Wildman–Crippen LogP) is 1.78. The van der Waals surface area contributed by atoms with Crippen molar-refractivity contribution in [3.8, 4) is 0 Å². The van der Waals surface area contributed by atoms with Crippen LogP contribution in [-0.4, -0.2) is 28.0 Å². The minimum absolute atomic E-state index is 0.0746. The van der Waals surface area contributed by atoms with E-state index in [1.54, 1.807) is 16.9 Å². The molecule has 0 saturated carbocycles. The number of nitro groups is 1. The van der Waals surface area contributed by atoms with Crippen LogP contribution in [0.25, 0.3) is 0 Å². The first kappa shape index (κ1) is 13.7. The lowest BCUT2D eigenvalue weighted by atomic mass is 10.1. The first-order chi connectivity index (χ1) is 9.51. The minimum Gasteiger partial charge on any atom is -0.370 e. The molecule has 0 bridgehead atoms. The van der Waals surface area contributed by atoms with Crippen molar-refractivity contribution < 1.29 is 9.72 Å². The Hall–Kier alpha value is -2.70. The molecule has 0 aliphatic rings. The highest BCUT2D eigenvalue weighted by Gasteiger charge is 2.15. The van der Waals surface area contributed by atoms with Crippen LogP contribution in [0, 0.1) is 10.1 Å². The van der Waals surface area contributed by atoms with Gasteiger partial charge in [0.15, 0.2) is 6.29 Å². The highest BCUT2D eigenvalue weighted by atomic mass is 16.6. The van der Waals surface area contributed by atoms with Crippen molar-refractivity contribution in [2.45, 2.75) is 6.54 Å². The highest BCUT2D eigenvalue weighted by Crippen LogP contribution is 2.24. The Kier molecular flexibility index (Phi) is 3.79. The van der Waals surface area contributed by atoms with E-state index >= 15 is 0 Å². The van der Waals surface area contributed by atoms with Crippen LogP contribution in [0.2, 0.25) is 0 Å². The molecule has 7 heteroatoms. The maximum Gasteiger partial charge on any atom is 0.280 e. The van der Waals surface area contributed by atoms with Gasteiger partial charge in [-0.05, 0) is 12.1 Å². The van der Waals surface area contributed by atoms with E-state index in [1.165, 1.54) is 12.1 Å². The number of anilines is 1. The molecule has 0 spiro atoms. The molecule has 1 aromatic carbocycles. The Morgan fingerprint density at radius 1 is 1.50 bits per heavy atom. The Balaban J connectivity index is 2.24. The standard InChI is InChI=1S/C13H14N4O3/c1-15(7-10-6-14-16(2)8-10)12-3-4-13(17(19)20)11(5-12)9-18/h3-6,8-9H,7H2,1-2H3. The van der Waals surface area contributed by atoms with Crippen LogP contribution in [0.15, 0.2) is 30.6 Å². The van der Waals surface area contributed by atoms with Crippen LogP contribution < -0.4 is 4.90 Å². The number of benzene rings is 1. The Labute approximate surface area is 115 Å². The first-order valence-electron chi connectivity index (χ1n) is 5.93. The molecular weight excluding hydrogens is 260 g/mol. The lowest BCUT2D eigenvalue weighted by Crippen LogP contribution is -2.16. The lowest BCUT2D eigenvalue weighted by molar-refractivity contribution is -0.385. The summed E-state index contributed by atoms with van der Waals surface area (Å²) in [4.78, 5) is 23.0. The zero-order valence-electron chi connectivity index (χ0n) is 11.2. The molecule has 2 aromatic rings. The number of nitrogens with zero attached hydrogens (tertiary/aromatic N) is 4. The van der Waals surface area contributed by atoms with Crippen molar-refractivity contribution in [2.75, 3.05) is 11.9 Å². The van der Waals surface area contributed by atoms with E-state index in [1.807, 2.05) is 25.2 Å². The average molecular weight is 274 g/mol. The molecule has 20 heavy (non-hydrogen) atoms. The molecule has 7 nitrogen and oxygen atoms in total. The van der Waals surface area contributed by atoms with Crippen LogP contribution in [0.3, 0.4) is 0 Å². The maximum atomic E-state index is 10.9. The second-order valence-electron chi connectivity index (χ2n) is 4.50. The van der Waals surface area contributed by atoms with Gasteiger partial charge < -0.3 is 4.90 Å². The summed E-state index contributed by atoms with van der Waals surface area (Å²) in [6, 6.07) is 4.49. The van der Waals surface area contributed by atoms with E-state index in [0.717, 1.165) is 11.3 Å². The highest BCUT2D eigenvalue weighted by molar-refractivity contribution is 5.83. The molecule has 104 valence electrons. The lowest BCUT2D eigenvalue weighted by Gasteiger charge is -2.18. The van der Waals surface area contributed by atoms with Gasteiger partial charge in [-0.3, -0.25) is 19.6 Å². The maximum absolute atomic E-state index is 10.9. The molecule has 2 rings (SSSR count). The molecule has 0 amide bonds. The van der Waals surface area contributed by atoms with Crippen LogP contribution >= 0.6 is 0 Å². The van der Waals surface area contributed by atoms with Gasteiger partial charge in [0.25, 0.3) is 5.69 Å². The average Bonchev–Trinajstić information content (AvgIpc) is 2.83. The largest absolute Gasteiger partial charge is 0.370 e. The van der Waals surface area contributed by atoms with Crippen molar-refractivity contribution >= 4 is 17.7 Å². The zero-order valence-corrected chi connectivity index (χ0v) is 11.2. The summed E-state index contributed by atoms with van der Waals surface area (Å²) in [7, 11) is 3.68. The Morgan fingerprint density at radius 2 is 2.25 bits per heavy atom. The minimum atomic E-state index is -0.561. The van der Waals surface area contributed by atoms with E-state index in [2.05, 4.69) is 5.10 Å².